The molecule has 1 aliphatic rings. The highest BCUT2D eigenvalue weighted by Crippen LogP contribution is 2.16. The zero-order valence-electron chi connectivity index (χ0n) is 10.6. The summed E-state index contributed by atoms with van der Waals surface area (Å²) in [6.07, 6.45) is 2.24. The van der Waals surface area contributed by atoms with E-state index in [1.54, 1.807) is 0 Å². The first-order valence-electron chi connectivity index (χ1n) is 6.49. The van der Waals surface area contributed by atoms with Crippen molar-refractivity contribution < 1.29 is 9.32 Å². The van der Waals surface area contributed by atoms with Crippen LogP contribution in [-0.4, -0.2) is 34.0 Å². The molecule has 0 bridgehead atoms. The molecule has 0 atom stereocenters. The average molecular weight is 257 g/mol. The van der Waals surface area contributed by atoms with Crippen LogP contribution in [0.25, 0.3) is 11.4 Å². The lowest BCUT2D eigenvalue weighted by Crippen LogP contribution is -2.26. The standard InChI is InChI=1S/C14H15N3O2/c18-13-7-4-9-17(13)10-8-12-15-14(16-19-12)11-5-2-1-3-6-11/h1-3,5-6H,4,7-10H2. The van der Waals surface area contributed by atoms with Gasteiger partial charge in [0, 0.05) is 31.5 Å². The smallest absolute Gasteiger partial charge is 0.228 e. The molecule has 0 unspecified atom stereocenters. The van der Waals surface area contributed by atoms with Gasteiger partial charge in [-0.15, -0.1) is 0 Å². The highest BCUT2D eigenvalue weighted by molar-refractivity contribution is 5.78. The molecule has 0 radical (unpaired) electrons. The number of aromatic nitrogens is 2. The Kier molecular flexibility index (Phi) is 3.27. The average Bonchev–Trinajstić information content (AvgIpc) is 3.06. The molecule has 0 spiro atoms. The summed E-state index contributed by atoms with van der Waals surface area (Å²) >= 11 is 0. The first-order chi connectivity index (χ1) is 9.33. The monoisotopic (exact) mass is 257 g/mol. The van der Waals surface area contributed by atoms with E-state index in [2.05, 4.69) is 10.1 Å². The van der Waals surface area contributed by atoms with Gasteiger partial charge in [-0.2, -0.15) is 4.98 Å². The highest BCUT2D eigenvalue weighted by Gasteiger charge is 2.20. The first kappa shape index (κ1) is 11.9. The molecule has 0 aliphatic carbocycles. The van der Waals surface area contributed by atoms with Crippen molar-refractivity contribution in [2.45, 2.75) is 19.3 Å². The fraction of sp³-hybridized carbons (Fsp3) is 0.357. The number of benzene rings is 1. The summed E-state index contributed by atoms with van der Waals surface area (Å²) in [6.45, 7) is 1.51. The lowest BCUT2D eigenvalue weighted by atomic mass is 10.2. The van der Waals surface area contributed by atoms with Crippen LogP contribution in [0.1, 0.15) is 18.7 Å². The van der Waals surface area contributed by atoms with Gasteiger partial charge in [-0.3, -0.25) is 4.79 Å². The molecular formula is C14H15N3O2. The third-order valence-corrected chi connectivity index (χ3v) is 3.27. The number of amides is 1. The molecule has 0 saturated carbocycles. The third-order valence-electron chi connectivity index (χ3n) is 3.27. The van der Waals surface area contributed by atoms with E-state index in [-0.39, 0.29) is 5.91 Å². The van der Waals surface area contributed by atoms with Gasteiger partial charge in [0.25, 0.3) is 0 Å². The summed E-state index contributed by atoms with van der Waals surface area (Å²) in [7, 11) is 0. The predicted molar refractivity (Wildman–Crippen MR) is 69.3 cm³/mol. The quantitative estimate of drug-likeness (QED) is 0.839. The van der Waals surface area contributed by atoms with Crippen molar-refractivity contribution in [2.24, 2.45) is 0 Å². The van der Waals surface area contributed by atoms with Gasteiger partial charge in [0.05, 0.1) is 0 Å². The Morgan fingerprint density at radius 3 is 2.84 bits per heavy atom. The van der Waals surface area contributed by atoms with E-state index in [4.69, 9.17) is 4.52 Å². The van der Waals surface area contributed by atoms with Crippen LogP contribution in [-0.2, 0) is 11.2 Å². The minimum Gasteiger partial charge on any atom is -0.342 e. The van der Waals surface area contributed by atoms with Gasteiger partial charge in [-0.05, 0) is 6.42 Å². The first-order valence-corrected chi connectivity index (χ1v) is 6.49. The van der Waals surface area contributed by atoms with Crippen molar-refractivity contribution in [2.75, 3.05) is 13.1 Å². The number of carbonyl (C=O) groups is 1. The lowest BCUT2D eigenvalue weighted by molar-refractivity contribution is -0.127. The van der Waals surface area contributed by atoms with Gasteiger partial charge >= 0.3 is 0 Å². The zero-order chi connectivity index (χ0) is 13.1. The molecule has 98 valence electrons. The van der Waals surface area contributed by atoms with Crippen molar-refractivity contribution in [3.05, 3.63) is 36.2 Å². The zero-order valence-corrected chi connectivity index (χ0v) is 10.6. The Morgan fingerprint density at radius 1 is 1.26 bits per heavy atom. The largest absolute Gasteiger partial charge is 0.342 e. The van der Waals surface area contributed by atoms with Gasteiger partial charge < -0.3 is 9.42 Å². The molecule has 5 nitrogen and oxygen atoms in total. The maximum Gasteiger partial charge on any atom is 0.228 e. The van der Waals surface area contributed by atoms with Crippen LogP contribution in [0.4, 0.5) is 0 Å². The molecule has 3 rings (SSSR count). The molecule has 1 aromatic carbocycles. The number of rotatable bonds is 4. The summed E-state index contributed by atoms with van der Waals surface area (Å²) in [5.74, 6) is 1.41. The fourth-order valence-electron chi connectivity index (χ4n) is 2.23. The van der Waals surface area contributed by atoms with Crippen LogP contribution in [0, 0.1) is 0 Å². The number of likely N-dealkylation sites (tertiary alicyclic amines) is 1. The molecule has 19 heavy (non-hydrogen) atoms. The summed E-state index contributed by atoms with van der Waals surface area (Å²) < 4.78 is 5.22. The van der Waals surface area contributed by atoms with Gasteiger partial charge in [-0.1, -0.05) is 35.5 Å². The molecule has 1 saturated heterocycles. The van der Waals surface area contributed by atoms with Crippen molar-refractivity contribution in [3.63, 3.8) is 0 Å². The van der Waals surface area contributed by atoms with Crippen LogP contribution in [0.5, 0.6) is 0 Å². The van der Waals surface area contributed by atoms with Gasteiger partial charge in [0.1, 0.15) is 0 Å². The second-order valence-corrected chi connectivity index (χ2v) is 4.61. The van der Waals surface area contributed by atoms with Crippen molar-refractivity contribution in [3.8, 4) is 11.4 Å². The molecule has 5 heteroatoms. The van der Waals surface area contributed by atoms with Gasteiger partial charge in [0.15, 0.2) is 0 Å². The van der Waals surface area contributed by atoms with Crippen LogP contribution in [0.2, 0.25) is 0 Å². The maximum absolute atomic E-state index is 11.5. The minimum atomic E-state index is 0.225. The molecule has 2 heterocycles. The molecule has 0 N–H and O–H groups in total. The summed E-state index contributed by atoms with van der Waals surface area (Å²) in [4.78, 5) is 17.7. The Labute approximate surface area is 111 Å². The molecule has 2 aromatic rings. The van der Waals surface area contributed by atoms with Crippen molar-refractivity contribution in [1.29, 1.82) is 0 Å². The predicted octanol–water partition coefficient (Wildman–Crippen LogP) is 1.90. The summed E-state index contributed by atoms with van der Waals surface area (Å²) in [6, 6.07) is 9.71. The molecule has 1 fully saturated rings. The van der Waals surface area contributed by atoms with Gasteiger partial charge in [0.2, 0.25) is 17.6 Å². The minimum absolute atomic E-state index is 0.225. The Hall–Kier alpha value is -2.17. The van der Waals surface area contributed by atoms with Crippen LogP contribution in [0.3, 0.4) is 0 Å². The number of hydrogen-bond acceptors (Lipinski definition) is 4. The summed E-state index contributed by atoms with van der Waals surface area (Å²) in [5.41, 5.74) is 0.940. The van der Waals surface area contributed by atoms with E-state index in [1.807, 2.05) is 35.2 Å². The number of nitrogens with zero attached hydrogens (tertiary/aromatic N) is 3. The van der Waals surface area contributed by atoms with Crippen LogP contribution < -0.4 is 0 Å². The fourth-order valence-corrected chi connectivity index (χ4v) is 2.23. The van der Waals surface area contributed by atoms with Gasteiger partial charge in [-0.25, -0.2) is 0 Å². The van der Waals surface area contributed by atoms with Crippen LogP contribution >= 0.6 is 0 Å². The van der Waals surface area contributed by atoms with E-state index in [9.17, 15) is 4.79 Å². The second-order valence-electron chi connectivity index (χ2n) is 4.61. The molecule has 1 aliphatic heterocycles. The highest BCUT2D eigenvalue weighted by atomic mass is 16.5. The van der Waals surface area contributed by atoms with E-state index in [0.717, 1.165) is 18.5 Å². The van der Waals surface area contributed by atoms with E-state index in [0.29, 0.717) is 31.1 Å². The number of hydrogen-bond donors (Lipinski definition) is 0. The molecular weight excluding hydrogens is 242 g/mol. The van der Waals surface area contributed by atoms with Crippen molar-refractivity contribution >= 4 is 5.91 Å². The third kappa shape index (κ3) is 2.65. The Bertz CT molecular complexity index is 565. The van der Waals surface area contributed by atoms with E-state index < -0.39 is 0 Å². The lowest BCUT2D eigenvalue weighted by Gasteiger charge is -2.13. The van der Waals surface area contributed by atoms with E-state index in [1.165, 1.54) is 0 Å². The number of carbonyl (C=O) groups excluding carboxylic acids is 1. The Morgan fingerprint density at radius 2 is 2.11 bits per heavy atom. The maximum atomic E-state index is 11.5. The molecule has 1 aromatic heterocycles. The molecule has 1 amide bonds. The van der Waals surface area contributed by atoms with E-state index >= 15 is 0 Å². The summed E-state index contributed by atoms with van der Waals surface area (Å²) in [5, 5.41) is 3.96. The normalized spacial score (nSPS) is 15.2. The SMILES string of the molecule is O=C1CCCN1CCc1nc(-c2ccccc2)no1. The second kappa shape index (κ2) is 5.22. The van der Waals surface area contributed by atoms with Crippen molar-refractivity contribution in [1.82, 2.24) is 15.0 Å². The topological polar surface area (TPSA) is 59.2 Å². The Balaban J connectivity index is 1.64. The van der Waals surface area contributed by atoms with Crippen LogP contribution in [0.15, 0.2) is 34.9 Å².